The maximum atomic E-state index is 12.4. The number of benzene rings is 1. The molecule has 2 N–H and O–H groups in total. The Morgan fingerprint density at radius 1 is 1.18 bits per heavy atom. The summed E-state index contributed by atoms with van der Waals surface area (Å²) in [5.74, 6) is 0. The van der Waals surface area contributed by atoms with Crippen molar-refractivity contribution in [2.24, 2.45) is 0 Å². The maximum Gasteiger partial charge on any atom is 0.492 e. The molecule has 1 saturated heterocycles. The molecule has 9 nitrogen and oxygen atoms in total. The molecule has 172 valence electrons. The summed E-state index contributed by atoms with van der Waals surface area (Å²) in [5, 5.41) is 10.7. The summed E-state index contributed by atoms with van der Waals surface area (Å²) in [4.78, 5) is 20.5. The summed E-state index contributed by atoms with van der Waals surface area (Å²) in [5.41, 5.74) is 1.45. The van der Waals surface area contributed by atoms with E-state index >= 15 is 0 Å². The van der Waals surface area contributed by atoms with Gasteiger partial charge in [-0.05, 0) is 44.8 Å². The van der Waals surface area contributed by atoms with Gasteiger partial charge in [0.2, 0.25) is 0 Å². The molecule has 4 rings (SSSR count). The predicted molar refractivity (Wildman–Crippen MR) is 125 cm³/mol. The number of alkyl carbamates (subject to hydrolysis) is 1. The Kier molecular flexibility index (Phi) is 6.42. The van der Waals surface area contributed by atoms with Gasteiger partial charge in [0.25, 0.3) is 0 Å². The summed E-state index contributed by atoms with van der Waals surface area (Å²) < 4.78 is 17.7. The molecule has 3 aromatic rings. The van der Waals surface area contributed by atoms with Gasteiger partial charge in [-0.3, -0.25) is 5.10 Å². The van der Waals surface area contributed by atoms with Crippen LogP contribution in [0.5, 0.6) is 0 Å². The zero-order valence-corrected chi connectivity index (χ0v) is 19.6. The number of carbonyl (C=O) groups excluding carboxylic acids is 1. The highest BCUT2D eigenvalue weighted by Gasteiger charge is 2.52. The van der Waals surface area contributed by atoms with Crippen LogP contribution in [-0.2, 0) is 20.7 Å². The quantitative estimate of drug-likeness (QED) is 0.415. The molecule has 0 aliphatic carbocycles. The van der Waals surface area contributed by atoms with Gasteiger partial charge in [0.05, 0.1) is 22.3 Å². The first kappa shape index (κ1) is 23.2. The number of nitrogens with one attached hydrogen (secondary N) is 2. The van der Waals surface area contributed by atoms with E-state index in [2.05, 4.69) is 25.5 Å². The molecule has 1 aliphatic rings. The van der Waals surface area contributed by atoms with Gasteiger partial charge in [0.1, 0.15) is 18.1 Å². The second-order valence-corrected chi connectivity index (χ2v) is 9.08. The fourth-order valence-electron chi connectivity index (χ4n) is 3.28. The number of hydrogen-bond acceptors (Lipinski definition) is 7. The van der Waals surface area contributed by atoms with Crippen molar-refractivity contribution in [2.45, 2.75) is 45.5 Å². The zero-order chi connectivity index (χ0) is 23.6. The van der Waals surface area contributed by atoms with Crippen molar-refractivity contribution < 1.29 is 18.8 Å². The fraction of sp³-hybridized carbons (Fsp3) is 0.364. The molecule has 0 bridgehead atoms. The maximum absolute atomic E-state index is 12.4. The third-order valence-electron chi connectivity index (χ3n) is 5.87. The molecule has 2 aromatic heterocycles. The van der Waals surface area contributed by atoms with Crippen LogP contribution >= 0.6 is 11.6 Å². The smallest absolute Gasteiger partial charge is 0.445 e. The topological polar surface area (TPSA) is 111 Å². The average Bonchev–Trinajstić information content (AvgIpc) is 3.28. The normalized spacial score (nSPS) is 17.4. The number of nitrogens with zero attached hydrogens (tertiary/aromatic N) is 3. The van der Waals surface area contributed by atoms with Gasteiger partial charge in [0, 0.05) is 6.54 Å². The number of rotatable bonds is 6. The van der Waals surface area contributed by atoms with E-state index in [1.807, 2.05) is 58.0 Å². The van der Waals surface area contributed by atoms with Crippen LogP contribution in [0.25, 0.3) is 17.1 Å². The molecule has 3 heterocycles. The van der Waals surface area contributed by atoms with Gasteiger partial charge in [0.15, 0.2) is 5.65 Å². The van der Waals surface area contributed by atoms with Gasteiger partial charge in [-0.15, -0.1) is 0 Å². The zero-order valence-electron chi connectivity index (χ0n) is 18.9. The number of hydrogen-bond donors (Lipinski definition) is 2. The lowest BCUT2D eigenvalue weighted by atomic mass is 9.77. The molecule has 0 atom stereocenters. The van der Waals surface area contributed by atoms with Crippen molar-refractivity contribution >= 4 is 41.9 Å². The predicted octanol–water partition coefficient (Wildman–Crippen LogP) is 3.95. The van der Waals surface area contributed by atoms with E-state index in [4.69, 9.17) is 25.6 Å². The van der Waals surface area contributed by atoms with E-state index in [-0.39, 0.29) is 18.3 Å². The summed E-state index contributed by atoms with van der Waals surface area (Å²) in [6, 6.07) is 9.45. The first-order valence-electron chi connectivity index (χ1n) is 10.5. The number of carbonyl (C=O) groups is 1. The highest BCUT2D eigenvalue weighted by Crippen LogP contribution is 2.39. The highest BCUT2D eigenvalue weighted by molar-refractivity contribution is 6.56. The molecule has 0 spiro atoms. The molecule has 1 amide bonds. The number of fused-ring (bicyclic) bond motifs is 1. The van der Waals surface area contributed by atoms with Gasteiger partial charge in [-0.1, -0.05) is 41.9 Å². The summed E-state index contributed by atoms with van der Waals surface area (Å²) in [7, 11) is -0.703. The van der Waals surface area contributed by atoms with Crippen LogP contribution in [0.15, 0.2) is 42.1 Å². The van der Waals surface area contributed by atoms with Crippen LogP contribution in [-0.4, -0.2) is 51.1 Å². The van der Waals surface area contributed by atoms with E-state index in [0.717, 1.165) is 5.56 Å². The number of aromatic nitrogens is 4. The first-order chi connectivity index (χ1) is 15.7. The number of aromatic amines is 1. The number of ether oxygens (including phenoxy) is 1. The van der Waals surface area contributed by atoms with Crippen LogP contribution in [0.1, 0.15) is 39.0 Å². The van der Waals surface area contributed by atoms with Crippen molar-refractivity contribution in [1.82, 2.24) is 25.5 Å². The molecule has 11 heteroatoms. The Labute approximate surface area is 197 Å². The van der Waals surface area contributed by atoms with Gasteiger partial charge >= 0.3 is 13.2 Å². The van der Waals surface area contributed by atoms with E-state index in [9.17, 15) is 4.79 Å². The van der Waals surface area contributed by atoms with E-state index in [0.29, 0.717) is 22.2 Å². The average molecular weight is 470 g/mol. The minimum absolute atomic E-state index is 0.121. The number of H-pyrrole nitrogens is 1. The van der Waals surface area contributed by atoms with Gasteiger partial charge in [-0.25, -0.2) is 14.8 Å². The lowest BCUT2D eigenvalue weighted by Gasteiger charge is -2.32. The minimum Gasteiger partial charge on any atom is -0.445 e. The molecule has 33 heavy (non-hydrogen) atoms. The van der Waals surface area contributed by atoms with Crippen molar-refractivity contribution in [3.05, 3.63) is 58.5 Å². The van der Waals surface area contributed by atoms with Gasteiger partial charge in [-0.2, -0.15) is 5.10 Å². The third kappa shape index (κ3) is 5.03. The van der Waals surface area contributed by atoms with Crippen LogP contribution in [0.3, 0.4) is 0 Å². The molecule has 0 unspecified atom stereocenters. The van der Waals surface area contributed by atoms with Crippen LogP contribution in [0.2, 0.25) is 5.15 Å². The standard InChI is InChI=1S/C22H25BClN5O4/c1-21(2)22(3,4)33-23(32-21)15(10-16-17-18(24)26-13-27-19(17)29-28-16)11-25-20(30)31-12-14-8-6-5-7-9-14/h5-10,13H,11-12H2,1-4H3,(H,25,30)(H,26,27,28,29). The minimum atomic E-state index is -0.703. The lowest BCUT2D eigenvalue weighted by Crippen LogP contribution is -2.41. The second-order valence-electron chi connectivity index (χ2n) is 8.72. The van der Waals surface area contributed by atoms with Gasteiger partial charge < -0.3 is 19.4 Å². The lowest BCUT2D eigenvalue weighted by molar-refractivity contribution is 0.00578. The molecule has 0 radical (unpaired) electrons. The summed E-state index contributed by atoms with van der Waals surface area (Å²) in [6.45, 7) is 8.13. The van der Waals surface area contributed by atoms with Crippen molar-refractivity contribution in [3.8, 4) is 0 Å². The molecule has 0 saturated carbocycles. The second kappa shape index (κ2) is 9.13. The largest absolute Gasteiger partial charge is 0.492 e. The SMILES string of the molecule is CC1(C)OB(C(=Cc2[nH]nc3ncnc(Cl)c23)CNC(=O)OCc2ccccc2)OC1(C)C. The first-order valence-corrected chi connectivity index (χ1v) is 10.9. The van der Waals surface area contributed by atoms with Crippen LogP contribution in [0, 0.1) is 0 Å². The Hall–Kier alpha value is -2.95. The molecular formula is C22H25BClN5O4. The highest BCUT2D eigenvalue weighted by atomic mass is 35.5. The molecule has 1 fully saturated rings. The third-order valence-corrected chi connectivity index (χ3v) is 6.15. The molecule has 1 aliphatic heterocycles. The Balaban J connectivity index is 1.55. The van der Waals surface area contributed by atoms with Crippen LogP contribution < -0.4 is 5.32 Å². The summed E-state index contributed by atoms with van der Waals surface area (Å²) in [6.07, 6.45) is 2.57. The summed E-state index contributed by atoms with van der Waals surface area (Å²) >= 11 is 6.27. The van der Waals surface area contributed by atoms with Crippen LogP contribution in [0.4, 0.5) is 4.79 Å². The Bertz CT molecular complexity index is 1170. The number of amides is 1. The van der Waals surface area contributed by atoms with E-state index < -0.39 is 24.4 Å². The molecular weight excluding hydrogens is 445 g/mol. The van der Waals surface area contributed by atoms with E-state index in [1.165, 1.54) is 6.33 Å². The van der Waals surface area contributed by atoms with E-state index in [1.54, 1.807) is 6.08 Å². The molecule has 1 aromatic carbocycles. The monoisotopic (exact) mass is 469 g/mol. The van der Waals surface area contributed by atoms with Crippen molar-refractivity contribution in [3.63, 3.8) is 0 Å². The van der Waals surface area contributed by atoms with Crippen molar-refractivity contribution in [2.75, 3.05) is 6.54 Å². The number of halogens is 1. The fourth-order valence-corrected chi connectivity index (χ4v) is 3.51. The van der Waals surface area contributed by atoms with Crippen molar-refractivity contribution in [1.29, 1.82) is 0 Å². The Morgan fingerprint density at radius 3 is 2.58 bits per heavy atom. The Morgan fingerprint density at radius 2 is 1.88 bits per heavy atom.